The van der Waals surface area contributed by atoms with E-state index in [1.54, 1.807) is 12.1 Å². The quantitative estimate of drug-likeness (QED) is 0.209. The second-order valence-corrected chi connectivity index (χ2v) is 9.85. The van der Waals surface area contributed by atoms with Crippen molar-refractivity contribution >= 4 is 63.4 Å². The number of hydrogen-bond donors (Lipinski definition) is 2. The lowest BCUT2D eigenvalue weighted by molar-refractivity contribution is -0.274. The number of nitrogens with one attached hydrogen (secondary N) is 2. The predicted octanol–water partition coefficient (Wildman–Crippen LogP) is 7.01. The van der Waals surface area contributed by atoms with Crippen LogP contribution < -0.4 is 15.4 Å². The molecule has 12 heteroatoms. The van der Waals surface area contributed by atoms with E-state index in [9.17, 15) is 22.8 Å². The molecule has 2 N–H and O–H groups in total. The number of rotatable bonds is 9. The fourth-order valence-corrected chi connectivity index (χ4v) is 5.04. The molecule has 4 rings (SSSR count). The summed E-state index contributed by atoms with van der Waals surface area (Å²) in [7, 11) is 0. The van der Waals surface area contributed by atoms with Gasteiger partial charge >= 0.3 is 6.36 Å². The fraction of sp³-hybridized carbons (Fsp3) is 0.154. The van der Waals surface area contributed by atoms with Crippen LogP contribution in [0, 0.1) is 0 Å². The predicted molar refractivity (Wildman–Crippen MR) is 143 cm³/mol. The molecule has 0 aliphatic heterocycles. The third-order valence-corrected chi connectivity index (χ3v) is 6.89. The summed E-state index contributed by atoms with van der Waals surface area (Å²) in [6.45, 7) is 0.825. The third kappa shape index (κ3) is 7.37. The van der Waals surface area contributed by atoms with E-state index in [1.165, 1.54) is 30.0 Å². The van der Waals surface area contributed by atoms with Crippen molar-refractivity contribution in [1.29, 1.82) is 0 Å². The first-order valence-electron chi connectivity index (χ1n) is 11.2. The number of alkyl halides is 3. The molecule has 0 spiro atoms. The van der Waals surface area contributed by atoms with E-state index in [0.717, 1.165) is 27.9 Å². The van der Waals surface area contributed by atoms with Gasteiger partial charge in [-0.2, -0.15) is 0 Å². The molecule has 2 amide bonds. The molecule has 0 saturated carbocycles. The number of fused-ring (bicyclic) bond motifs is 1. The van der Waals surface area contributed by atoms with Crippen molar-refractivity contribution in [1.82, 2.24) is 9.88 Å². The zero-order valence-electron chi connectivity index (χ0n) is 19.5. The average Bonchev–Trinajstić information content (AvgIpc) is 3.21. The molecule has 198 valence electrons. The number of anilines is 1. The number of amides is 2. The average molecular weight is 582 g/mol. The smallest absolute Gasteiger partial charge is 0.406 e. The molecule has 0 saturated heterocycles. The fourth-order valence-electron chi connectivity index (χ4n) is 3.65. The normalized spacial score (nSPS) is 11.4. The Kier molecular flexibility index (Phi) is 8.76. The van der Waals surface area contributed by atoms with Gasteiger partial charge in [-0.15, -0.1) is 24.9 Å². The molecule has 0 unspecified atom stereocenters. The van der Waals surface area contributed by atoms with Crippen LogP contribution in [0.15, 0.2) is 77.8 Å². The molecular weight excluding hydrogens is 562 g/mol. The molecule has 0 bridgehead atoms. The molecule has 6 nitrogen and oxygen atoms in total. The number of aromatic nitrogens is 1. The summed E-state index contributed by atoms with van der Waals surface area (Å²) >= 11 is 13.3. The number of para-hydroxylation sites is 1. The number of thioether (sulfide) groups is 1. The van der Waals surface area contributed by atoms with Crippen molar-refractivity contribution in [3.8, 4) is 5.75 Å². The van der Waals surface area contributed by atoms with Crippen molar-refractivity contribution in [2.45, 2.75) is 17.8 Å². The summed E-state index contributed by atoms with van der Waals surface area (Å²) in [5.74, 6) is -0.915. The van der Waals surface area contributed by atoms with Crippen molar-refractivity contribution in [2.75, 3.05) is 17.6 Å². The Balaban J connectivity index is 1.35. The van der Waals surface area contributed by atoms with Gasteiger partial charge in [-0.3, -0.25) is 9.59 Å². The van der Waals surface area contributed by atoms with Crippen LogP contribution in [0.4, 0.5) is 18.9 Å². The lowest BCUT2D eigenvalue weighted by Gasteiger charge is -2.10. The molecule has 0 aliphatic rings. The van der Waals surface area contributed by atoms with Crippen LogP contribution in [0.5, 0.6) is 5.75 Å². The van der Waals surface area contributed by atoms with E-state index >= 15 is 0 Å². The number of carbonyl (C=O) groups is 2. The second-order valence-electron chi connectivity index (χ2n) is 7.99. The molecule has 4 aromatic rings. The Hall–Kier alpha value is -3.34. The van der Waals surface area contributed by atoms with Crippen molar-refractivity contribution in [3.05, 3.63) is 88.5 Å². The lowest BCUT2D eigenvalue weighted by atomic mass is 10.2. The Morgan fingerprint density at radius 2 is 1.74 bits per heavy atom. The summed E-state index contributed by atoms with van der Waals surface area (Å²) in [4.78, 5) is 25.8. The van der Waals surface area contributed by atoms with Crippen molar-refractivity contribution < 1.29 is 27.5 Å². The van der Waals surface area contributed by atoms with Crippen LogP contribution in [-0.2, 0) is 11.3 Å². The molecule has 1 heterocycles. The maximum Gasteiger partial charge on any atom is 0.573 e. The number of nitrogens with zero attached hydrogens (tertiary/aromatic N) is 1. The van der Waals surface area contributed by atoms with Gasteiger partial charge in [-0.1, -0.05) is 41.4 Å². The van der Waals surface area contributed by atoms with Crippen molar-refractivity contribution in [2.24, 2.45) is 0 Å². The summed E-state index contributed by atoms with van der Waals surface area (Å²) in [5.41, 5.74) is 1.62. The van der Waals surface area contributed by atoms with Gasteiger partial charge in [0.25, 0.3) is 5.91 Å². The van der Waals surface area contributed by atoms with Crippen LogP contribution >= 0.6 is 35.0 Å². The van der Waals surface area contributed by atoms with E-state index in [2.05, 4.69) is 15.4 Å². The van der Waals surface area contributed by atoms with Gasteiger partial charge < -0.3 is 19.9 Å². The third-order valence-electron chi connectivity index (χ3n) is 5.30. The van der Waals surface area contributed by atoms with Crippen LogP contribution in [0.3, 0.4) is 0 Å². The van der Waals surface area contributed by atoms with E-state index < -0.39 is 6.36 Å². The summed E-state index contributed by atoms with van der Waals surface area (Å²) < 4.78 is 42.7. The highest BCUT2D eigenvalue weighted by atomic mass is 35.5. The van der Waals surface area contributed by atoms with Gasteiger partial charge in [0.1, 0.15) is 5.75 Å². The van der Waals surface area contributed by atoms with Crippen LogP contribution in [-0.4, -0.2) is 35.0 Å². The minimum atomic E-state index is -4.78. The first-order chi connectivity index (χ1) is 18.1. The summed E-state index contributed by atoms with van der Waals surface area (Å²) in [5, 5.41) is 7.16. The first kappa shape index (κ1) is 27.7. The number of benzene rings is 3. The van der Waals surface area contributed by atoms with Crippen LogP contribution in [0.25, 0.3) is 10.9 Å². The maximum absolute atomic E-state index is 12.5. The Labute approximate surface area is 230 Å². The Bertz CT molecular complexity index is 1460. The molecule has 0 fully saturated rings. The van der Waals surface area contributed by atoms with Crippen molar-refractivity contribution in [3.63, 3.8) is 0 Å². The standard InChI is InChI=1S/C26H20Cl2F3N3O3S/c27-16-5-10-19(21(28)13-16)25(36)32-11-12-34-14-23(20-3-1-2-4-22(20)34)38-15-24(35)33-17-6-8-18(9-7-17)37-26(29,30)31/h1-10,13-14H,11-12,15H2,(H,32,36)(H,33,35). The first-order valence-corrected chi connectivity index (χ1v) is 12.9. The van der Waals surface area contributed by atoms with E-state index in [0.29, 0.717) is 29.4 Å². The molecule has 0 radical (unpaired) electrons. The molecule has 38 heavy (non-hydrogen) atoms. The summed E-state index contributed by atoms with van der Waals surface area (Å²) in [6.07, 6.45) is -2.87. The zero-order valence-corrected chi connectivity index (χ0v) is 21.8. The summed E-state index contributed by atoms with van der Waals surface area (Å²) in [6, 6.07) is 17.3. The van der Waals surface area contributed by atoms with Gasteiger partial charge in [0.15, 0.2) is 0 Å². The van der Waals surface area contributed by atoms with E-state index in [1.807, 2.05) is 35.0 Å². The maximum atomic E-state index is 12.5. The van der Waals surface area contributed by atoms with Crippen LogP contribution in [0.2, 0.25) is 10.0 Å². The molecule has 1 aromatic heterocycles. The zero-order chi connectivity index (χ0) is 27.3. The van der Waals surface area contributed by atoms with Gasteiger partial charge in [0, 0.05) is 45.8 Å². The number of ether oxygens (including phenoxy) is 1. The minimum absolute atomic E-state index is 0.0839. The molecule has 0 atom stereocenters. The van der Waals surface area contributed by atoms with Gasteiger partial charge in [0.2, 0.25) is 5.91 Å². The number of carbonyl (C=O) groups excluding carboxylic acids is 2. The van der Waals surface area contributed by atoms with Gasteiger partial charge in [0.05, 0.1) is 16.3 Å². The van der Waals surface area contributed by atoms with Crippen LogP contribution in [0.1, 0.15) is 10.4 Å². The Morgan fingerprint density at radius 1 is 1.00 bits per heavy atom. The molecule has 0 aliphatic carbocycles. The SMILES string of the molecule is O=C(CSc1cn(CCNC(=O)c2ccc(Cl)cc2Cl)c2ccccc12)Nc1ccc(OC(F)(F)F)cc1. The largest absolute Gasteiger partial charge is 0.573 e. The van der Waals surface area contributed by atoms with Gasteiger partial charge in [-0.25, -0.2) is 0 Å². The highest BCUT2D eigenvalue weighted by Gasteiger charge is 2.31. The van der Waals surface area contributed by atoms with E-state index in [4.69, 9.17) is 23.2 Å². The van der Waals surface area contributed by atoms with E-state index in [-0.39, 0.29) is 28.3 Å². The highest BCUT2D eigenvalue weighted by molar-refractivity contribution is 8.00. The van der Waals surface area contributed by atoms with Gasteiger partial charge in [-0.05, 0) is 48.5 Å². The number of hydrogen-bond acceptors (Lipinski definition) is 4. The topological polar surface area (TPSA) is 72.4 Å². The Morgan fingerprint density at radius 3 is 2.45 bits per heavy atom. The molecular formula is C26H20Cl2F3N3O3S. The monoisotopic (exact) mass is 581 g/mol. The molecule has 3 aromatic carbocycles. The lowest BCUT2D eigenvalue weighted by Crippen LogP contribution is -2.27. The minimum Gasteiger partial charge on any atom is -0.406 e. The second kappa shape index (κ2) is 12.0. The highest BCUT2D eigenvalue weighted by Crippen LogP contribution is 2.30. The number of halogens is 5.